The summed E-state index contributed by atoms with van der Waals surface area (Å²) in [5, 5.41) is 0.733. The summed E-state index contributed by atoms with van der Waals surface area (Å²) in [5.41, 5.74) is 2.22. The predicted molar refractivity (Wildman–Crippen MR) is 53.8 cm³/mol. The number of nitrogens with zero attached hydrogens (tertiary/aromatic N) is 1. The van der Waals surface area contributed by atoms with E-state index in [0.717, 1.165) is 16.4 Å². The quantitative estimate of drug-likeness (QED) is 0.739. The van der Waals surface area contributed by atoms with Crippen molar-refractivity contribution in [3.8, 4) is 11.4 Å². The molecule has 0 saturated heterocycles. The molecule has 66 valence electrons. The van der Waals surface area contributed by atoms with Crippen molar-refractivity contribution in [2.75, 3.05) is 0 Å². The number of halogens is 1. The minimum atomic E-state index is 0.733. The lowest BCUT2D eigenvalue weighted by Gasteiger charge is -2.02. The second kappa shape index (κ2) is 3.23. The van der Waals surface area contributed by atoms with Crippen LogP contribution in [0.4, 0.5) is 0 Å². The summed E-state index contributed by atoms with van der Waals surface area (Å²) < 4.78 is 0. The van der Waals surface area contributed by atoms with Gasteiger partial charge in [-0.15, -0.1) is 0 Å². The molecule has 0 aliphatic rings. The Morgan fingerprint density at radius 3 is 2.92 bits per heavy atom. The number of nitrogens with one attached hydrogen (secondary N) is 1. The van der Waals surface area contributed by atoms with Crippen LogP contribution in [0.1, 0.15) is 5.56 Å². The van der Waals surface area contributed by atoms with E-state index < -0.39 is 0 Å². The number of aryl methyl sites for hydroxylation is 1. The summed E-state index contributed by atoms with van der Waals surface area (Å²) in [6.07, 6.45) is 3.53. The van der Waals surface area contributed by atoms with Gasteiger partial charge in [0.1, 0.15) is 5.82 Å². The number of rotatable bonds is 1. The number of hydrogen-bond donors (Lipinski definition) is 1. The lowest BCUT2D eigenvalue weighted by atomic mass is 10.1. The third-order valence-electron chi connectivity index (χ3n) is 1.95. The molecular formula is C10H9ClN2. The molecule has 0 atom stereocenters. The van der Waals surface area contributed by atoms with Crippen LogP contribution in [0.5, 0.6) is 0 Å². The number of hydrogen-bond acceptors (Lipinski definition) is 1. The monoisotopic (exact) mass is 192 g/mol. The molecule has 0 bridgehead atoms. The normalized spacial score (nSPS) is 10.3. The van der Waals surface area contributed by atoms with E-state index in [2.05, 4.69) is 9.97 Å². The number of aromatic nitrogens is 2. The number of H-pyrrole nitrogens is 1. The van der Waals surface area contributed by atoms with Crippen LogP contribution in [0, 0.1) is 6.92 Å². The first-order chi connectivity index (χ1) is 6.27. The Kier molecular flexibility index (Phi) is 2.07. The molecule has 1 aromatic heterocycles. The third kappa shape index (κ3) is 1.58. The maximum Gasteiger partial charge on any atom is 0.137 e. The van der Waals surface area contributed by atoms with E-state index in [4.69, 9.17) is 11.6 Å². The molecule has 1 N–H and O–H groups in total. The van der Waals surface area contributed by atoms with Crippen LogP contribution < -0.4 is 0 Å². The van der Waals surface area contributed by atoms with Gasteiger partial charge < -0.3 is 4.98 Å². The van der Waals surface area contributed by atoms with Crippen molar-refractivity contribution in [3.05, 3.63) is 41.2 Å². The van der Waals surface area contributed by atoms with Gasteiger partial charge in [0.2, 0.25) is 0 Å². The summed E-state index contributed by atoms with van der Waals surface area (Å²) in [7, 11) is 0. The molecule has 0 radical (unpaired) electrons. The highest BCUT2D eigenvalue weighted by atomic mass is 35.5. The van der Waals surface area contributed by atoms with Crippen molar-refractivity contribution in [1.29, 1.82) is 0 Å². The summed E-state index contributed by atoms with van der Waals surface area (Å²) >= 11 is 5.89. The zero-order chi connectivity index (χ0) is 9.26. The molecule has 0 aliphatic carbocycles. The molecule has 0 spiro atoms. The van der Waals surface area contributed by atoms with Gasteiger partial charge in [-0.3, -0.25) is 0 Å². The summed E-state index contributed by atoms with van der Waals surface area (Å²) in [6, 6.07) is 5.78. The molecule has 1 aromatic carbocycles. The zero-order valence-electron chi connectivity index (χ0n) is 7.21. The fraction of sp³-hybridized carbons (Fsp3) is 0.100. The van der Waals surface area contributed by atoms with Gasteiger partial charge in [0.05, 0.1) is 0 Å². The van der Waals surface area contributed by atoms with Crippen LogP contribution in [-0.4, -0.2) is 9.97 Å². The Balaban J connectivity index is 2.57. The van der Waals surface area contributed by atoms with Crippen LogP contribution >= 0.6 is 11.6 Å². The molecule has 2 aromatic rings. The van der Waals surface area contributed by atoms with E-state index in [1.54, 1.807) is 12.4 Å². The van der Waals surface area contributed by atoms with Gasteiger partial charge in [-0.25, -0.2) is 4.98 Å². The van der Waals surface area contributed by atoms with Gasteiger partial charge in [0, 0.05) is 23.0 Å². The summed E-state index contributed by atoms with van der Waals surface area (Å²) in [4.78, 5) is 7.23. The van der Waals surface area contributed by atoms with Crippen LogP contribution in [0.25, 0.3) is 11.4 Å². The second-order valence-corrected chi connectivity index (χ2v) is 3.33. The Morgan fingerprint density at radius 2 is 2.23 bits per heavy atom. The van der Waals surface area contributed by atoms with E-state index in [1.165, 1.54) is 5.56 Å². The Morgan fingerprint density at radius 1 is 1.38 bits per heavy atom. The maximum absolute atomic E-state index is 5.89. The number of aromatic amines is 1. The fourth-order valence-corrected chi connectivity index (χ4v) is 1.43. The van der Waals surface area contributed by atoms with Crippen LogP contribution in [-0.2, 0) is 0 Å². The molecule has 2 nitrogen and oxygen atoms in total. The zero-order valence-corrected chi connectivity index (χ0v) is 7.97. The fourth-order valence-electron chi connectivity index (χ4n) is 1.26. The third-order valence-corrected chi connectivity index (χ3v) is 2.19. The van der Waals surface area contributed by atoms with Crippen molar-refractivity contribution in [1.82, 2.24) is 9.97 Å². The van der Waals surface area contributed by atoms with Crippen molar-refractivity contribution in [2.24, 2.45) is 0 Å². The first-order valence-corrected chi connectivity index (χ1v) is 4.41. The molecule has 13 heavy (non-hydrogen) atoms. The largest absolute Gasteiger partial charge is 0.345 e. The van der Waals surface area contributed by atoms with E-state index >= 15 is 0 Å². The Labute approximate surface area is 81.6 Å². The Bertz CT molecular complexity index is 407. The van der Waals surface area contributed by atoms with Crippen molar-refractivity contribution < 1.29 is 0 Å². The molecule has 0 fully saturated rings. The predicted octanol–water partition coefficient (Wildman–Crippen LogP) is 3.04. The van der Waals surface area contributed by atoms with Gasteiger partial charge in [0.25, 0.3) is 0 Å². The first-order valence-electron chi connectivity index (χ1n) is 4.03. The van der Waals surface area contributed by atoms with Crippen molar-refractivity contribution in [2.45, 2.75) is 6.92 Å². The summed E-state index contributed by atoms with van der Waals surface area (Å²) in [5.74, 6) is 0.861. The maximum atomic E-state index is 5.89. The average molecular weight is 193 g/mol. The number of benzene rings is 1. The van der Waals surface area contributed by atoms with Gasteiger partial charge in [-0.05, 0) is 24.6 Å². The average Bonchev–Trinajstić information content (AvgIpc) is 2.61. The molecule has 3 heteroatoms. The molecular weight excluding hydrogens is 184 g/mol. The van der Waals surface area contributed by atoms with E-state index in [-0.39, 0.29) is 0 Å². The molecule has 0 saturated carbocycles. The number of imidazole rings is 1. The standard InChI is InChI=1S/C10H9ClN2/c1-7-2-3-8(11)6-9(7)10-12-4-5-13-10/h2-6H,1H3,(H,12,13). The molecule has 1 heterocycles. The van der Waals surface area contributed by atoms with Crippen molar-refractivity contribution >= 4 is 11.6 Å². The lowest BCUT2D eigenvalue weighted by Crippen LogP contribution is -1.84. The SMILES string of the molecule is Cc1ccc(Cl)cc1-c1ncc[nH]1. The Hall–Kier alpha value is -1.28. The van der Waals surface area contributed by atoms with E-state index in [0.29, 0.717) is 0 Å². The van der Waals surface area contributed by atoms with Gasteiger partial charge >= 0.3 is 0 Å². The molecule has 0 amide bonds. The van der Waals surface area contributed by atoms with Crippen LogP contribution in [0.3, 0.4) is 0 Å². The molecule has 0 unspecified atom stereocenters. The summed E-state index contributed by atoms with van der Waals surface area (Å²) in [6.45, 7) is 2.04. The van der Waals surface area contributed by atoms with Gasteiger partial charge in [0.15, 0.2) is 0 Å². The second-order valence-electron chi connectivity index (χ2n) is 2.90. The first kappa shape index (κ1) is 8.32. The van der Waals surface area contributed by atoms with E-state index in [1.807, 2.05) is 25.1 Å². The lowest BCUT2D eigenvalue weighted by molar-refractivity contribution is 1.29. The van der Waals surface area contributed by atoms with Crippen LogP contribution in [0.2, 0.25) is 5.02 Å². The highest BCUT2D eigenvalue weighted by Crippen LogP contribution is 2.23. The highest BCUT2D eigenvalue weighted by molar-refractivity contribution is 6.30. The van der Waals surface area contributed by atoms with E-state index in [9.17, 15) is 0 Å². The molecule has 2 rings (SSSR count). The smallest absolute Gasteiger partial charge is 0.137 e. The van der Waals surface area contributed by atoms with Gasteiger partial charge in [-0.2, -0.15) is 0 Å². The topological polar surface area (TPSA) is 28.7 Å². The van der Waals surface area contributed by atoms with Crippen LogP contribution in [0.15, 0.2) is 30.6 Å². The highest BCUT2D eigenvalue weighted by Gasteiger charge is 2.03. The van der Waals surface area contributed by atoms with Gasteiger partial charge in [-0.1, -0.05) is 17.7 Å². The minimum Gasteiger partial charge on any atom is -0.345 e. The van der Waals surface area contributed by atoms with Crippen molar-refractivity contribution in [3.63, 3.8) is 0 Å². The molecule has 0 aliphatic heterocycles. The minimum absolute atomic E-state index is 0.733.